The molecule has 1 heterocycles. The summed E-state index contributed by atoms with van der Waals surface area (Å²) in [6.07, 6.45) is 5.37. The van der Waals surface area contributed by atoms with Gasteiger partial charge in [-0.1, -0.05) is 39.7 Å². The van der Waals surface area contributed by atoms with Crippen molar-refractivity contribution in [2.24, 2.45) is 0 Å². The standard InChI is InChI=1S/C25H34FN5/c1-5-8-16-10-11-22(28)21(15-27)20(16)14-23-19(9-6-2)25(30-24(7-3)29-23)31(4)18-12-17(26)13-18/h10-11,17-18H,5-9,12-14,28H2,1-4H3. The summed E-state index contributed by atoms with van der Waals surface area (Å²) in [5.41, 5.74) is 11.4. The summed E-state index contributed by atoms with van der Waals surface area (Å²) in [5, 5.41) is 9.82. The zero-order valence-electron chi connectivity index (χ0n) is 19.2. The highest BCUT2D eigenvalue weighted by atomic mass is 19.1. The van der Waals surface area contributed by atoms with E-state index in [-0.39, 0.29) is 6.04 Å². The molecule has 1 saturated carbocycles. The molecule has 166 valence electrons. The number of nitrogens with zero attached hydrogens (tertiary/aromatic N) is 4. The summed E-state index contributed by atoms with van der Waals surface area (Å²) in [5.74, 6) is 1.70. The molecule has 2 N–H and O–H groups in total. The smallest absolute Gasteiger partial charge is 0.135 e. The molecule has 0 spiro atoms. The summed E-state index contributed by atoms with van der Waals surface area (Å²) >= 11 is 0. The minimum absolute atomic E-state index is 0.177. The van der Waals surface area contributed by atoms with Crippen molar-refractivity contribution in [1.82, 2.24) is 9.97 Å². The van der Waals surface area contributed by atoms with Gasteiger partial charge in [-0.25, -0.2) is 14.4 Å². The second-order valence-corrected chi connectivity index (χ2v) is 8.53. The molecule has 5 nitrogen and oxygen atoms in total. The Labute approximate surface area is 185 Å². The molecule has 1 aromatic heterocycles. The molecule has 0 saturated heterocycles. The first kappa shape index (κ1) is 23.0. The SMILES string of the molecule is CCCc1ccc(N)c(C#N)c1Cc1nc(CC)nc(N(C)C2CC(F)C2)c1CCC. The second kappa shape index (κ2) is 10.1. The fraction of sp³-hybridized carbons (Fsp3) is 0.560. The van der Waals surface area contributed by atoms with Gasteiger partial charge in [-0.2, -0.15) is 5.26 Å². The lowest BCUT2D eigenvalue weighted by molar-refractivity contribution is 0.177. The molecule has 3 rings (SSSR count). The molecule has 0 unspecified atom stereocenters. The van der Waals surface area contributed by atoms with Crippen molar-refractivity contribution < 1.29 is 4.39 Å². The highest BCUT2D eigenvalue weighted by Crippen LogP contribution is 2.34. The molecule has 6 heteroatoms. The second-order valence-electron chi connectivity index (χ2n) is 8.53. The van der Waals surface area contributed by atoms with Gasteiger partial charge in [0.05, 0.1) is 11.3 Å². The van der Waals surface area contributed by atoms with Crippen LogP contribution in [0.1, 0.15) is 80.2 Å². The van der Waals surface area contributed by atoms with Crippen LogP contribution < -0.4 is 10.6 Å². The van der Waals surface area contributed by atoms with Gasteiger partial charge in [-0.15, -0.1) is 0 Å². The molecule has 0 radical (unpaired) electrons. The van der Waals surface area contributed by atoms with Crippen LogP contribution in [0.4, 0.5) is 15.9 Å². The molecule has 0 amide bonds. The Kier molecular flexibility index (Phi) is 7.48. The van der Waals surface area contributed by atoms with Gasteiger partial charge in [-0.05, 0) is 42.9 Å². The van der Waals surface area contributed by atoms with E-state index in [2.05, 4.69) is 24.8 Å². The van der Waals surface area contributed by atoms with Gasteiger partial charge in [0.2, 0.25) is 0 Å². The van der Waals surface area contributed by atoms with Crippen molar-refractivity contribution in [3.63, 3.8) is 0 Å². The third-order valence-electron chi connectivity index (χ3n) is 6.29. The number of anilines is 2. The molecule has 0 atom stereocenters. The van der Waals surface area contributed by atoms with E-state index in [1.165, 1.54) is 0 Å². The van der Waals surface area contributed by atoms with Gasteiger partial charge >= 0.3 is 0 Å². The number of nitriles is 1. The van der Waals surface area contributed by atoms with Crippen LogP contribution in [-0.4, -0.2) is 29.2 Å². The number of hydrogen-bond acceptors (Lipinski definition) is 5. The Morgan fingerprint density at radius 3 is 2.42 bits per heavy atom. The number of halogens is 1. The maximum Gasteiger partial charge on any atom is 0.135 e. The minimum atomic E-state index is -0.712. The lowest BCUT2D eigenvalue weighted by atomic mass is 9.88. The van der Waals surface area contributed by atoms with E-state index in [1.807, 2.05) is 26.1 Å². The van der Waals surface area contributed by atoms with E-state index < -0.39 is 6.17 Å². The van der Waals surface area contributed by atoms with Crippen LogP contribution in [0.5, 0.6) is 0 Å². The number of alkyl halides is 1. The number of aromatic nitrogens is 2. The van der Waals surface area contributed by atoms with Crippen molar-refractivity contribution in [3.05, 3.63) is 45.9 Å². The highest BCUT2D eigenvalue weighted by molar-refractivity contribution is 5.62. The topological polar surface area (TPSA) is 78.8 Å². The molecule has 0 aliphatic heterocycles. The number of benzene rings is 1. The molecule has 1 aliphatic carbocycles. The van der Waals surface area contributed by atoms with Gasteiger partial charge in [0.15, 0.2) is 0 Å². The van der Waals surface area contributed by atoms with Gasteiger partial charge in [-0.3, -0.25) is 0 Å². The zero-order chi connectivity index (χ0) is 22.5. The number of nitrogen functional groups attached to an aromatic ring is 1. The van der Waals surface area contributed by atoms with E-state index in [0.717, 1.165) is 66.1 Å². The molecule has 0 bridgehead atoms. The number of rotatable bonds is 9. The quantitative estimate of drug-likeness (QED) is 0.579. The average Bonchev–Trinajstić information content (AvgIpc) is 2.74. The van der Waals surface area contributed by atoms with Gasteiger partial charge in [0.25, 0.3) is 0 Å². The van der Waals surface area contributed by atoms with Crippen LogP contribution in [0, 0.1) is 11.3 Å². The van der Waals surface area contributed by atoms with Crippen LogP contribution in [-0.2, 0) is 25.7 Å². The number of hydrogen-bond donors (Lipinski definition) is 1. The molecule has 2 aromatic rings. The van der Waals surface area contributed by atoms with Crippen molar-refractivity contribution >= 4 is 11.5 Å². The van der Waals surface area contributed by atoms with Crippen LogP contribution in [0.2, 0.25) is 0 Å². The predicted molar refractivity (Wildman–Crippen MR) is 124 cm³/mol. The van der Waals surface area contributed by atoms with Gasteiger partial charge in [0, 0.05) is 37.2 Å². The van der Waals surface area contributed by atoms with E-state index >= 15 is 0 Å². The van der Waals surface area contributed by atoms with E-state index in [0.29, 0.717) is 30.5 Å². The van der Waals surface area contributed by atoms with Crippen LogP contribution in [0.3, 0.4) is 0 Å². The van der Waals surface area contributed by atoms with Crippen LogP contribution >= 0.6 is 0 Å². The molecular weight excluding hydrogens is 389 g/mol. The maximum absolute atomic E-state index is 13.5. The van der Waals surface area contributed by atoms with E-state index in [4.69, 9.17) is 15.7 Å². The first-order valence-corrected chi connectivity index (χ1v) is 11.5. The van der Waals surface area contributed by atoms with E-state index in [1.54, 1.807) is 0 Å². The monoisotopic (exact) mass is 423 g/mol. The minimum Gasteiger partial charge on any atom is -0.398 e. The summed E-state index contributed by atoms with van der Waals surface area (Å²) in [6.45, 7) is 6.33. The third kappa shape index (κ3) is 4.81. The summed E-state index contributed by atoms with van der Waals surface area (Å²) in [7, 11) is 2.02. The molecule has 1 fully saturated rings. The normalized spacial score (nSPS) is 17.8. The summed E-state index contributed by atoms with van der Waals surface area (Å²) in [6, 6.07) is 6.37. The highest BCUT2D eigenvalue weighted by Gasteiger charge is 2.34. The number of aryl methyl sites for hydroxylation is 2. The lowest BCUT2D eigenvalue weighted by Crippen LogP contribution is -2.44. The van der Waals surface area contributed by atoms with Crippen LogP contribution in [0.25, 0.3) is 0 Å². The fourth-order valence-corrected chi connectivity index (χ4v) is 4.39. The molecule has 1 aliphatic rings. The van der Waals surface area contributed by atoms with Gasteiger partial charge in [0.1, 0.15) is 23.9 Å². The Hall–Kier alpha value is -2.68. The molecular formula is C25H34FN5. The molecule has 1 aromatic carbocycles. The van der Waals surface area contributed by atoms with Crippen molar-refractivity contribution in [1.29, 1.82) is 5.26 Å². The Bertz CT molecular complexity index is 959. The fourth-order valence-electron chi connectivity index (χ4n) is 4.39. The lowest BCUT2D eigenvalue weighted by Gasteiger charge is -2.39. The Balaban J connectivity index is 2.12. The zero-order valence-corrected chi connectivity index (χ0v) is 19.2. The predicted octanol–water partition coefficient (Wildman–Crippen LogP) is 4.93. The van der Waals surface area contributed by atoms with Crippen molar-refractivity contribution in [2.45, 2.75) is 84.4 Å². The Morgan fingerprint density at radius 1 is 1.13 bits per heavy atom. The number of nitrogens with two attached hydrogens (primary N) is 1. The van der Waals surface area contributed by atoms with Crippen molar-refractivity contribution in [3.8, 4) is 6.07 Å². The summed E-state index contributed by atoms with van der Waals surface area (Å²) in [4.78, 5) is 11.9. The first-order valence-electron chi connectivity index (χ1n) is 11.5. The molecule has 31 heavy (non-hydrogen) atoms. The van der Waals surface area contributed by atoms with Crippen LogP contribution in [0.15, 0.2) is 12.1 Å². The average molecular weight is 424 g/mol. The van der Waals surface area contributed by atoms with Gasteiger partial charge < -0.3 is 10.6 Å². The van der Waals surface area contributed by atoms with Crippen molar-refractivity contribution in [2.75, 3.05) is 17.7 Å². The van der Waals surface area contributed by atoms with E-state index in [9.17, 15) is 9.65 Å². The summed E-state index contributed by atoms with van der Waals surface area (Å²) < 4.78 is 13.5. The third-order valence-corrected chi connectivity index (χ3v) is 6.29. The maximum atomic E-state index is 13.5. The largest absolute Gasteiger partial charge is 0.398 e. The first-order chi connectivity index (χ1) is 14.9. The Morgan fingerprint density at radius 2 is 1.84 bits per heavy atom.